The van der Waals surface area contributed by atoms with Gasteiger partial charge in [-0.3, -0.25) is 0 Å². The molecule has 0 radical (unpaired) electrons. The minimum absolute atomic E-state index is 0. The molecule has 174 valence electrons. The molecule has 2 aliphatic rings. The van der Waals surface area contributed by atoms with Crippen molar-refractivity contribution in [2.24, 2.45) is 0 Å². The second-order valence-corrected chi connectivity index (χ2v) is 10.0. The number of allylic oxidation sites excluding steroid dienone is 8. The van der Waals surface area contributed by atoms with E-state index in [4.69, 9.17) is 0 Å². The van der Waals surface area contributed by atoms with Crippen LogP contribution in [0, 0.1) is 12.2 Å². The second kappa shape index (κ2) is 13.7. The van der Waals surface area contributed by atoms with Gasteiger partial charge < -0.3 is 0 Å². The summed E-state index contributed by atoms with van der Waals surface area (Å²) in [5.41, 5.74) is 8.26. The van der Waals surface area contributed by atoms with Crippen LogP contribution in [0.4, 0.5) is 0 Å². The first-order valence-corrected chi connectivity index (χ1v) is 10.9. The third-order valence-corrected chi connectivity index (χ3v) is 5.51. The van der Waals surface area contributed by atoms with E-state index < -0.39 is 0 Å². The van der Waals surface area contributed by atoms with E-state index in [1.54, 1.807) is 0 Å². The van der Waals surface area contributed by atoms with Crippen molar-refractivity contribution in [1.82, 2.24) is 0 Å². The number of benzene rings is 2. The molecule has 0 N–H and O–H groups in total. The van der Waals surface area contributed by atoms with Crippen LogP contribution < -0.4 is 0 Å². The van der Waals surface area contributed by atoms with Crippen molar-refractivity contribution >= 4 is 36.0 Å². The summed E-state index contributed by atoms with van der Waals surface area (Å²) < 4.78 is 0. The molecule has 0 amide bonds. The maximum atomic E-state index is 3.34. The molecule has 0 heterocycles. The van der Waals surface area contributed by atoms with Gasteiger partial charge >= 0.3 is 26.2 Å². The fourth-order valence-electron chi connectivity index (χ4n) is 3.51. The van der Waals surface area contributed by atoms with Crippen LogP contribution in [-0.2, 0) is 37.0 Å². The van der Waals surface area contributed by atoms with Crippen molar-refractivity contribution in [3.63, 3.8) is 0 Å². The Bertz CT molecular complexity index is 894. The summed E-state index contributed by atoms with van der Waals surface area (Å²) in [7, 11) is 0. The monoisotopic (exact) mass is 556 g/mol. The van der Waals surface area contributed by atoms with Gasteiger partial charge in [-0.1, -0.05) is 78.6 Å². The molecule has 0 unspecified atom stereocenters. The fraction of sp³-hybridized carbons (Fsp3) is 0.333. The Hall–Kier alpha value is -1.14. The van der Waals surface area contributed by atoms with Crippen molar-refractivity contribution in [1.29, 1.82) is 0 Å². The smallest absolute Gasteiger partial charge is 0.197 e. The fourth-order valence-corrected chi connectivity index (χ4v) is 3.51. The summed E-state index contributed by atoms with van der Waals surface area (Å²) in [6.45, 7) is 13.4. The quantitative estimate of drug-likeness (QED) is 0.323. The predicted molar refractivity (Wildman–Crippen MR) is 146 cm³/mol. The zero-order valence-electron chi connectivity index (χ0n) is 20.7. The van der Waals surface area contributed by atoms with Crippen LogP contribution in [0.3, 0.4) is 0 Å². The van der Waals surface area contributed by atoms with Crippen LogP contribution in [0.1, 0.15) is 76.6 Å². The van der Waals surface area contributed by atoms with E-state index in [0.717, 1.165) is 12.8 Å². The summed E-state index contributed by atoms with van der Waals surface area (Å²) >= 11 is 0. The van der Waals surface area contributed by atoms with Gasteiger partial charge in [0.05, 0.1) is 0 Å². The minimum Gasteiger partial charge on any atom is -0.197 e. The molecular formula is C30H36Cl2Zr. The topological polar surface area (TPSA) is 0 Å². The Morgan fingerprint density at radius 2 is 0.848 bits per heavy atom. The van der Waals surface area contributed by atoms with Gasteiger partial charge in [-0.15, -0.1) is 72.4 Å². The van der Waals surface area contributed by atoms with Crippen molar-refractivity contribution in [2.75, 3.05) is 0 Å². The SMILES string of the molecule is CC(C)(C)c1ccc(C2=[C-]CC=C2)cc1.CC(C)(C)c1ccc(C2=[C-]CC=C2)cc1.Cl.Cl.[Zr+2]. The van der Waals surface area contributed by atoms with E-state index >= 15 is 0 Å². The van der Waals surface area contributed by atoms with E-state index in [0.29, 0.717) is 0 Å². The Labute approximate surface area is 233 Å². The number of hydrogen-bond donors (Lipinski definition) is 0. The summed E-state index contributed by atoms with van der Waals surface area (Å²) in [5.74, 6) is 0. The third-order valence-electron chi connectivity index (χ3n) is 5.51. The molecular weight excluding hydrogens is 522 g/mol. The maximum Gasteiger partial charge on any atom is 2.00 e. The van der Waals surface area contributed by atoms with Crippen molar-refractivity contribution < 1.29 is 26.2 Å². The largest absolute Gasteiger partial charge is 2.00 e. The Balaban J connectivity index is 0.000000569. The molecule has 0 saturated carbocycles. The van der Waals surface area contributed by atoms with E-state index in [1.807, 2.05) is 0 Å². The van der Waals surface area contributed by atoms with Gasteiger partial charge in [-0.25, -0.2) is 0 Å². The molecule has 0 spiro atoms. The average Bonchev–Trinajstić information content (AvgIpc) is 3.42. The van der Waals surface area contributed by atoms with Crippen molar-refractivity contribution in [3.8, 4) is 0 Å². The minimum atomic E-state index is 0. The first kappa shape index (κ1) is 31.9. The van der Waals surface area contributed by atoms with Gasteiger partial charge in [0.2, 0.25) is 0 Å². The first-order valence-electron chi connectivity index (χ1n) is 10.9. The summed E-state index contributed by atoms with van der Waals surface area (Å²) in [5, 5.41) is 0. The molecule has 2 aromatic rings. The van der Waals surface area contributed by atoms with Gasteiger partial charge in [0.25, 0.3) is 0 Å². The molecule has 0 aromatic heterocycles. The molecule has 2 aromatic carbocycles. The molecule has 2 aliphatic carbocycles. The number of hydrogen-bond acceptors (Lipinski definition) is 0. The van der Waals surface area contributed by atoms with Gasteiger partial charge in [0.15, 0.2) is 0 Å². The Morgan fingerprint density at radius 1 is 0.545 bits per heavy atom. The average molecular weight is 559 g/mol. The molecule has 3 heteroatoms. The van der Waals surface area contributed by atoms with Crippen molar-refractivity contribution in [3.05, 3.63) is 107 Å². The van der Waals surface area contributed by atoms with Gasteiger partial charge in [0.1, 0.15) is 0 Å². The Kier molecular flexibility index (Phi) is 13.2. The third kappa shape index (κ3) is 9.20. The van der Waals surface area contributed by atoms with E-state index in [9.17, 15) is 0 Å². The van der Waals surface area contributed by atoms with Gasteiger partial charge in [-0.05, 0) is 22.0 Å². The molecule has 33 heavy (non-hydrogen) atoms. The van der Waals surface area contributed by atoms with E-state index in [2.05, 4.69) is 127 Å². The summed E-state index contributed by atoms with van der Waals surface area (Å²) in [6, 6.07) is 17.6. The van der Waals surface area contributed by atoms with Crippen LogP contribution in [0.5, 0.6) is 0 Å². The first-order chi connectivity index (χ1) is 14.1. The zero-order chi connectivity index (χ0) is 21.8. The molecule has 0 nitrogen and oxygen atoms in total. The zero-order valence-corrected chi connectivity index (χ0v) is 24.7. The number of rotatable bonds is 2. The maximum absolute atomic E-state index is 3.34. The van der Waals surface area contributed by atoms with Crippen LogP contribution in [-0.4, -0.2) is 0 Å². The van der Waals surface area contributed by atoms with Gasteiger partial charge in [-0.2, -0.15) is 35.5 Å². The van der Waals surface area contributed by atoms with E-state index in [-0.39, 0.29) is 61.8 Å². The van der Waals surface area contributed by atoms with Crippen LogP contribution in [0.2, 0.25) is 0 Å². The summed E-state index contributed by atoms with van der Waals surface area (Å²) in [6.07, 6.45) is 17.2. The van der Waals surface area contributed by atoms with Gasteiger partial charge in [0, 0.05) is 0 Å². The van der Waals surface area contributed by atoms with Crippen LogP contribution in [0.25, 0.3) is 11.1 Å². The van der Waals surface area contributed by atoms with Crippen LogP contribution in [0.15, 0.2) is 72.8 Å². The summed E-state index contributed by atoms with van der Waals surface area (Å²) in [4.78, 5) is 0. The predicted octanol–water partition coefficient (Wildman–Crippen LogP) is 9.10. The van der Waals surface area contributed by atoms with Crippen LogP contribution >= 0.6 is 24.8 Å². The molecule has 0 fully saturated rings. The normalized spacial score (nSPS) is 14.1. The number of halogens is 2. The molecule has 0 atom stereocenters. The molecule has 0 saturated heterocycles. The molecule has 0 bridgehead atoms. The van der Waals surface area contributed by atoms with E-state index in [1.165, 1.54) is 33.4 Å². The molecule has 4 rings (SSSR count). The second-order valence-electron chi connectivity index (χ2n) is 10.0. The van der Waals surface area contributed by atoms with Crippen molar-refractivity contribution in [2.45, 2.75) is 65.2 Å². The standard InChI is InChI=1S/2C15H17.2ClH.Zr/c2*1-15(2,3)14-10-8-13(9-11-14)12-6-4-5-7-12;;;/h2*4,6,8-11H,5H2,1-3H3;2*1H;/q2*-1;;;+2. The molecule has 0 aliphatic heterocycles. The Morgan fingerprint density at radius 3 is 1.06 bits per heavy atom.